The smallest absolute Gasteiger partial charge is 0.374 e. The molecular formula is C15H27NO5SSi. The van der Waals surface area contributed by atoms with Gasteiger partial charge in [-0.3, -0.25) is 0 Å². The van der Waals surface area contributed by atoms with Crippen molar-refractivity contribution in [2.75, 3.05) is 26.4 Å². The Hall–Kier alpha value is -0.773. The standard InChI is InChI=1S/C15H27NO5SSi/c1-4-19-23(20-5-2,21-6-3)14-10-13-16-22(17,18)15-11-8-7-9-12-15/h7-9,11-12,16H,4-6,10,13-14H2,1-3H3. The van der Waals surface area contributed by atoms with Gasteiger partial charge in [0.05, 0.1) is 4.90 Å². The first kappa shape index (κ1) is 20.3. The summed E-state index contributed by atoms with van der Waals surface area (Å²) in [5.74, 6) is 0. The molecule has 1 rings (SSSR count). The average molecular weight is 362 g/mol. The van der Waals surface area contributed by atoms with E-state index >= 15 is 0 Å². The van der Waals surface area contributed by atoms with Crippen LogP contribution in [0.25, 0.3) is 0 Å². The Labute approximate surface area is 140 Å². The molecule has 0 amide bonds. The van der Waals surface area contributed by atoms with E-state index in [4.69, 9.17) is 13.3 Å². The SMILES string of the molecule is CCO[Si](CCCNS(=O)(=O)c1ccccc1)(OCC)OCC. The summed E-state index contributed by atoms with van der Waals surface area (Å²) >= 11 is 0. The molecule has 0 spiro atoms. The molecule has 0 heterocycles. The van der Waals surface area contributed by atoms with Gasteiger partial charge in [-0.1, -0.05) is 18.2 Å². The minimum atomic E-state index is -3.47. The molecule has 0 saturated carbocycles. The fourth-order valence-electron chi connectivity index (χ4n) is 2.20. The van der Waals surface area contributed by atoms with Crippen LogP contribution < -0.4 is 4.72 Å². The number of nitrogens with one attached hydrogen (secondary N) is 1. The summed E-state index contributed by atoms with van der Waals surface area (Å²) in [4.78, 5) is 0.267. The van der Waals surface area contributed by atoms with Crippen molar-refractivity contribution in [3.05, 3.63) is 30.3 Å². The number of sulfonamides is 1. The zero-order valence-corrected chi connectivity index (χ0v) is 15.9. The van der Waals surface area contributed by atoms with Gasteiger partial charge in [0, 0.05) is 32.4 Å². The molecule has 0 aliphatic heterocycles. The topological polar surface area (TPSA) is 73.9 Å². The summed E-state index contributed by atoms with van der Waals surface area (Å²) in [5.41, 5.74) is 0. The third-order valence-corrected chi connectivity index (χ3v) is 7.73. The maximum Gasteiger partial charge on any atom is 0.500 e. The van der Waals surface area contributed by atoms with E-state index in [0.717, 1.165) is 0 Å². The molecule has 0 unspecified atom stereocenters. The minimum Gasteiger partial charge on any atom is -0.374 e. The number of benzene rings is 1. The van der Waals surface area contributed by atoms with Gasteiger partial charge in [-0.25, -0.2) is 13.1 Å². The van der Waals surface area contributed by atoms with Gasteiger partial charge in [-0.05, 0) is 39.3 Å². The Morgan fingerprint density at radius 1 is 0.957 bits per heavy atom. The van der Waals surface area contributed by atoms with E-state index in [2.05, 4.69) is 4.72 Å². The Balaban J connectivity index is 2.56. The van der Waals surface area contributed by atoms with Gasteiger partial charge < -0.3 is 13.3 Å². The maximum atomic E-state index is 12.1. The van der Waals surface area contributed by atoms with Crippen molar-refractivity contribution >= 4 is 18.8 Å². The lowest BCUT2D eigenvalue weighted by Gasteiger charge is -2.28. The van der Waals surface area contributed by atoms with Crippen LogP contribution in [0.3, 0.4) is 0 Å². The van der Waals surface area contributed by atoms with Crippen LogP contribution in [0.15, 0.2) is 35.2 Å². The highest BCUT2D eigenvalue weighted by Crippen LogP contribution is 2.18. The van der Waals surface area contributed by atoms with Crippen molar-refractivity contribution in [1.29, 1.82) is 0 Å². The Bertz CT molecular complexity index is 521. The number of hydrogen-bond acceptors (Lipinski definition) is 5. The second-order valence-electron chi connectivity index (χ2n) is 4.80. The van der Waals surface area contributed by atoms with Gasteiger partial charge in [0.25, 0.3) is 0 Å². The summed E-state index contributed by atoms with van der Waals surface area (Å²) in [5, 5.41) is 0. The van der Waals surface area contributed by atoms with E-state index in [1.54, 1.807) is 30.3 Å². The average Bonchev–Trinajstić information content (AvgIpc) is 2.53. The first-order chi connectivity index (χ1) is 11.0. The quantitative estimate of drug-likeness (QED) is 0.457. The highest BCUT2D eigenvalue weighted by molar-refractivity contribution is 7.89. The van der Waals surface area contributed by atoms with Crippen molar-refractivity contribution in [1.82, 2.24) is 4.72 Å². The molecule has 0 fully saturated rings. The maximum absolute atomic E-state index is 12.1. The highest BCUT2D eigenvalue weighted by Gasteiger charge is 2.39. The summed E-state index contributed by atoms with van der Waals surface area (Å²) in [6.45, 7) is 7.57. The van der Waals surface area contributed by atoms with Crippen LogP contribution in [0.2, 0.25) is 6.04 Å². The van der Waals surface area contributed by atoms with E-state index in [9.17, 15) is 8.42 Å². The van der Waals surface area contributed by atoms with Gasteiger partial charge >= 0.3 is 8.80 Å². The Morgan fingerprint density at radius 2 is 1.48 bits per heavy atom. The molecule has 0 radical (unpaired) electrons. The molecule has 132 valence electrons. The molecule has 0 aromatic heterocycles. The minimum absolute atomic E-state index is 0.267. The predicted octanol–water partition coefficient (Wildman–Crippen LogP) is 2.40. The molecule has 8 heteroatoms. The largest absolute Gasteiger partial charge is 0.500 e. The third kappa shape index (κ3) is 6.70. The van der Waals surface area contributed by atoms with Crippen LogP contribution in [0, 0.1) is 0 Å². The van der Waals surface area contributed by atoms with Crippen molar-refractivity contribution in [3.63, 3.8) is 0 Å². The van der Waals surface area contributed by atoms with Crippen molar-refractivity contribution < 1.29 is 21.7 Å². The van der Waals surface area contributed by atoms with Crippen LogP contribution in [0.4, 0.5) is 0 Å². The van der Waals surface area contributed by atoms with Crippen LogP contribution >= 0.6 is 0 Å². The van der Waals surface area contributed by atoms with E-state index in [0.29, 0.717) is 38.8 Å². The fraction of sp³-hybridized carbons (Fsp3) is 0.600. The highest BCUT2D eigenvalue weighted by atomic mass is 32.2. The monoisotopic (exact) mass is 361 g/mol. The van der Waals surface area contributed by atoms with E-state index in [1.807, 2.05) is 20.8 Å². The fourth-order valence-corrected chi connectivity index (χ4v) is 5.90. The van der Waals surface area contributed by atoms with E-state index in [-0.39, 0.29) is 4.90 Å². The summed E-state index contributed by atoms with van der Waals surface area (Å²) in [6, 6.07) is 8.91. The second kappa shape index (κ2) is 10.2. The zero-order valence-electron chi connectivity index (χ0n) is 14.1. The molecule has 0 atom stereocenters. The van der Waals surface area contributed by atoms with Crippen LogP contribution in [0.5, 0.6) is 0 Å². The first-order valence-electron chi connectivity index (χ1n) is 7.96. The molecule has 1 aromatic carbocycles. The van der Waals surface area contributed by atoms with Gasteiger partial charge in [-0.2, -0.15) is 0 Å². The predicted molar refractivity (Wildman–Crippen MR) is 91.7 cm³/mol. The normalized spacial score (nSPS) is 12.5. The molecular weight excluding hydrogens is 334 g/mol. The van der Waals surface area contributed by atoms with Crippen molar-refractivity contribution in [2.45, 2.75) is 38.1 Å². The zero-order chi connectivity index (χ0) is 17.2. The van der Waals surface area contributed by atoms with Crippen LogP contribution in [-0.2, 0) is 23.3 Å². The molecule has 0 bridgehead atoms. The van der Waals surface area contributed by atoms with Crippen molar-refractivity contribution in [2.24, 2.45) is 0 Å². The van der Waals surface area contributed by atoms with E-state index < -0.39 is 18.8 Å². The number of rotatable bonds is 12. The van der Waals surface area contributed by atoms with Gasteiger partial charge in [0.2, 0.25) is 10.0 Å². The van der Waals surface area contributed by atoms with Crippen molar-refractivity contribution in [3.8, 4) is 0 Å². The summed E-state index contributed by atoms with van der Waals surface area (Å²) in [7, 11) is -6.18. The molecule has 0 aliphatic rings. The third-order valence-electron chi connectivity index (χ3n) is 3.10. The lowest BCUT2D eigenvalue weighted by atomic mass is 10.4. The summed E-state index contributed by atoms with van der Waals surface area (Å²) < 4.78 is 44.1. The molecule has 1 aromatic rings. The van der Waals surface area contributed by atoms with E-state index in [1.165, 1.54) is 0 Å². The van der Waals surface area contributed by atoms with Gasteiger partial charge in [0.15, 0.2) is 0 Å². The Morgan fingerprint density at radius 3 is 1.96 bits per heavy atom. The molecule has 1 N–H and O–H groups in total. The molecule has 6 nitrogen and oxygen atoms in total. The molecule has 23 heavy (non-hydrogen) atoms. The molecule has 0 saturated heterocycles. The lowest BCUT2D eigenvalue weighted by Crippen LogP contribution is -2.46. The first-order valence-corrected chi connectivity index (χ1v) is 11.4. The Kier molecular flexibility index (Phi) is 8.96. The van der Waals surface area contributed by atoms with Crippen LogP contribution in [0.1, 0.15) is 27.2 Å². The lowest BCUT2D eigenvalue weighted by molar-refractivity contribution is 0.0709. The summed E-state index contributed by atoms with van der Waals surface area (Å²) in [6.07, 6.45) is 0.596. The number of hydrogen-bond donors (Lipinski definition) is 1. The van der Waals surface area contributed by atoms with Crippen LogP contribution in [-0.4, -0.2) is 43.6 Å². The second-order valence-corrected chi connectivity index (χ2v) is 9.30. The van der Waals surface area contributed by atoms with Gasteiger partial charge in [-0.15, -0.1) is 0 Å². The van der Waals surface area contributed by atoms with Gasteiger partial charge in [0.1, 0.15) is 0 Å². The molecule has 0 aliphatic carbocycles.